The van der Waals surface area contributed by atoms with Gasteiger partial charge in [-0.3, -0.25) is 0 Å². The summed E-state index contributed by atoms with van der Waals surface area (Å²) in [5.41, 5.74) is 1.70. The van der Waals surface area contributed by atoms with Crippen LogP contribution in [0.5, 0.6) is 5.75 Å². The Labute approximate surface area is 116 Å². The van der Waals surface area contributed by atoms with E-state index in [1.807, 2.05) is 12.1 Å². The highest BCUT2D eigenvalue weighted by Gasteiger charge is 2.04. The molecule has 19 heavy (non-hydrogen) atoms. The van der Waals surface area contributed by atoms with E-state index in [2.05, 4.69) is 5.32 Å². The minimum Gasteiger partial charge on any atom is -0.506 e. The minimum absolute atomic E-state index is 0.113. The second kappa shape index (κ2) is 6.55. The van der Waals surface area contributed by atoms with E-state index in [9.17, 15) is 9.50 Å². The zero-order chi connectivity index (χ0) is 13.7. The fraction of sp³-hybridized carbons (Fsp3) is 0.200. The third-order valence-electron chi connectivity index (χ3n) is 2.87. The zero-order valence-electron chi connectivity index (χ0n) is 10.4. The molecule has 0 aliphatic heterocycles. The molecule has 0 spiro atoms. The van der Waals surface area contributed by atoms with Crippen LogP contribution in [0.3, 0.4) is 0 Å². The fourth-order valence-corrected chi connectivity index (χ4v) is 2.05. The first kappa shape index (κ1) is 13.8. The van der Waals surface area contributed by atoms with E-state index in [0.717, 1.165) is 17.5 Å². The Morgan fingerprint density at radius 2 is 1.95 bits per heavy atom. The van der Waals surface area contributed by atoms with Gasteiger partial charge in [0, 0.05) is 12.1 Å². The summed E-state index contributed by atoms with van der Waals surface area (Å²) in [4.78, 5) is 0. The highest BCUT2D eigenvalue weighted by Crippen LogP contribution is 2.26. The highest BCUT2D eigenvalue weighted by atomic mass is 35.5. The lowest BCUT2D eigenvalue weighted by atomic mass is 10.1. The number of phenolic OH excluding ortho intramolecular Hbond substituents is 1. The molecule has 0 fully saturated rings. The molecule has 0 atom stereocenters. The molecular formula is C15H15ClFNO. The van der Waals surface area contributed by atoms with Gasteiger partial charge in [0.05, 0.1) is 5.02 Å². The first-order valence-corrected chi connectivity index (χ1v) is 6.46. The third-order valence-corrected chi connectivity index (χ3v) is 3.17. The number of phenols is 1. The molecule has 0 unspecified atom stereocenters. The van der Waals surface area contributed by atoms with Gasteiger partial charge in [0.25, 0.3) is 0 Å². The van der Waals surface area contributed by atoms with Crippen LogP contribution in [0.25, 0.3) is 0 Å². The van der Waals surface area contributed by atoms with E-state index in [4.69, 9.17) is 11.6 Å². The van der Waals surface area contributed by atoms with Crippen molar-refractivity contribution < 1.29 is 9.50 Å². The molecule has 0 saturated carbocycles. The Kier molecular flexibility index (Phi) is 4.77. The Morgan fingerprint density at radius 3 is 2.74 bits per heavy atom. The van der Waals surface area contributed by atoms with Crippen molar-refractivity contribution in [3.63, 3.8) is 0 Å². The predicted octanol–water partition coefficient (Wildman–Crippen LogP) is 3.52. The van der Waals surface area contributed by atoms with Crippen LogP contribution in [-0.4, -0.2) is 11.7 Å². The van der Waals surface area contributed by atoms with E-state index < -0.39 is 0 Å². The molecule has 4 heteroatoms. The molecule has 100 valence electrons. The van der Waals surface area contributed by atoms with Gasteiger partial charge in [-0.15, -0.1) is 0 Å². The van der Waals surface area contributed by atoms with Crippen molar-refractivity contribution in [1.82, 2.24) is 5.32 Å². The molecule has 2 aromatic carbocycles. The smallest absolute Gasteiger partial charge is 0.138 e. The number of hydrogen-bond donors (Lipinski definition) is 2. The molecule has 2 aromatic rings. The summed E-state index contributed by atoms with van der Waals surface area (Å²) in [5, 5.41) is 13.3. The van der Waals surface area contributed by atoms with E-state index in [1.165, 1.54) is 12.1 Å². The predicted molar refractivity (Wildman–Crippen MR) is 74.9 cm³/mol. The number of rotatable bonds is 5. The van der Waals surface area contributed by atoms with Crippen molar-refractivity contribution in [3.05, 3.63) is 64.4 Å². The Bertz CT molecular complexity index is 560. The first-order valence-electron chi connectivity index (χ1n) is 6.08. The Balaban J connectivity index is 1.82. The maximum Gasteiger partial charge on any atom is 0.138 e. The summed E-state index contributed by atoms with van der Waals surface area (Å²) in [7, 11) is 0. The Hall–Kier alpha value is -1.58. The average molecular weight is 280 g/mol. The molecule has 0 heterocycles. The molecule has 0 aliphatic carbocycles. The summed E-state index contributed by atoms with van der Waals surface area (Å²) < 4.78 is 13.0. The molecule has 2 rings (SSSR count). The second-order valence-corrected chi connectivity index (χ2v) is 4.71. The van der Waals surface area contributed by atoms with E-state index >= 15 is 0 Å². The normalized spacial score (nSPS) is 10.6. The maximum atomic E-state index is 13.0. The van der Waals surface area contributed by atoms with Crippen LogP contribution < -0.4 is 5.32 Å². The average Bonchev–Trinajstić information content (AvgIpc) is 2.39. The van der Waals surface area contributed by atoms with Crippen molar-refractivity contribution in [3.8, 4) is 5.75 Å². The summed E-state index contributed by atoms with van der Waals surface area (Å²) in [6.07, 6.45) is 0.735. The van der Waals surface area contributed by atoms with Gasteiger partial charge in [-0.05, 0) is 36.7 Å². The van der Waals surface area contributed by atoms with Gasteiger partial charge in [-0.25, -0.2) is 4.39 Å². The van der Waals surface area contributed by atoms with Crippen molar-refractivity contribution in [2.45, 2.75) is 13.0 Å². The van der Waals surface area contributed by atoms with Crippen molar-refractivity contribution >= 4 is 11.6 Å². The highest BCUT2D eigenvalue weighted by molar-refractivity contribution is 6.32. The lowest BCUT2D eigenvalue weighted by Crippen LogP contribution is -2.16. The number of halogens is 2. The second-order valence-electron chi connectivity index (χ2n) is 4.30. The van der Waals surface area contributed by atoms with Crippen molar-refractivity contribution in [2.75, 3.05) is 6.54 Å². The van der Waals surface area contributed by atoms with E-state index in [-0.39, 0.29) is 11.6 Å². The first-order chi connectivity index (χ1) is 9.16. The maximum absolute atomic E-state index is 13.0. The lowest BCUT2D eigenvalue weighted by molar-refractivity contribution is 0.465. The van der Waals surface area contributed by atoms with Gasteiger partial charge in [0.15, 0.2) is 0 Å². The quantitative estimate of drug-likeness (QED) is 0.821. The lowest BCUT2D eigenvalue weighted by Gasteiger charge is -2.08. The van der Waals surface area contributed by atoms with Crippen LogP contribution in [0.2, 0.25) is 5.02 Å². The van der Waals surface area contributed by atoms with Gasteiger partial charge >= 0.3 is 0 Å². The van der Waals surface area contributed by atoms with Crippen LogP contribution in [0.1, 0.15) is 11.1 Å². The summed E-state index contributed by atoms with van der Waals surface area (Å²) in [6, 6.07) is 11.8. The van der Waals surface area contributed by atoms with Crippen molar-refractivity contribution in [2.24, 2.45) is 0 Å². The number of aromatic hydroxyl groups is 1. The van der Waals surface area contributed by atoms with E-state index in [1.54, 1.807) is 18.2 Å². The number of nitrogens with one attached hydrogen (secondary N) is 1. The van der Waals surface area contributed by atoms with Gasteiger partial charge in [-0.2, -0.15) is 0 Å². The molecule has 0 aromatic heterocycles. The Morgan fingerprint density at radius 1 is 1.16 bits per heavy atom. The molecule has 0 amide bonds. The number of para-hydroxylation sites is 1. The summed E-state index contributed by atoms with van der Waals surface area (Å²) >= 11 is 5.82. The molecule has 2 nitrogen and oxygen atoms in total. The van der Waals surface area contributed by atoms with Gasteiger partial charge < -0.3 is 10.4 Å². The van der Waals surface area contributed by atoms with E-state index in [0.29, 0.717) is 18.1 Å². The molecule has 2 N–H and O–H groups in total. The molecule has 0 aliphatic rings. The van der Waals surface area contributed by atoms with Gasteiger partial charge in [0.1, 0.15) is 11.6 Å². The molecular weight excluding hydrogens is 265 g/mol. The monoisotopic (exact) mass is 279 g/mol. The largest absolute Gasteiger partial charge is 0.506 e. The fourth-order valence-electron chi connectivity index (χ4n) is 1.85. The van der Waals surface area contributed by atoms with Crippen molar-refractivity contribution in [1.29, 1.82) is 0 Å². The zero-order valence-corrected chi connectivity index (χ0v) is 11.1. The third kappa shape index (κ3) is 3.94. The van der Waals surface area contributed by atoms with Gasteiger partial charge in [0.2, 0.25) is 0 Å². The summed E-state index contributed by atoms with van der Waals surface area (Å²) in [5.74, 6) is -0.104. The van der Waals surface area contributed by atoms with Crippen LogP contribution in [-0.2, 0) is 13.0 Å². The molecule has 0 radical (unpaired) electrons. The van der Waals surface area contributed by atoms with Crippen LogP contribution in [0.4, 0.5) is 4.39 Å². The summed E-state index contributed by atoms with van der Waals surface area (Å²) in [6.45, 7) is 1.23. The molecule has 0 bridgehead atoms. The topological polar surface area (TPSA) is 32.3 Å². The number of benzene rings is 2. The van der Waals surface area contributed by atoms with Gasteiger partial charge in [-0.1, -0.05) is 35.9 Å². The van der Waals surface area contributed by atoms with Crippen LogP contribution in [0.15, 0.2) is 42.5 Å². The van der Waals surface area contributed by atoms with Crippen LogP contribution in [0, 0.1) is 5.82 Å². The molecule has 0 saturated heterocycles. The van der Waals surface area contributed by atoms with Crippen LogP contribution >= 0.6 is 11.6 Å². The standard InChI is InChI=1S/C15H15ClFNO/c16-14-6-2-4-12(15(14)19)10-18-8-7-11-3-1-5-13(17)9-11/h1-6,9,18-19H,7-8,10H2. The SMILES string of the molecule is Oc1c(Cl)cccc1CNCCc1cccc(F)c1. The number of hydrogen-bond acceptors (Lipinski definition) is 2. The minimum atomic E-state index is -0.218.